The third kappa shape index (κ3) is 5.61. The van der Waals surface area contributed by atoms with Crippen LogP contribution in [0.4, 0.5) is 23.3 Å². The average molecular weight is 599 g/mol. The maximum absolute atomic E-state index is 5.50. The van der Waals surface area contributed by atoms with Crippen molar-refractivity contribution in [1.29, 1.82) is 0 Å². The third-order valence-electron chi connectivity index (χ3n) is 5.86. The van der Waals surface area contributed by atoms with Crippen molar-refractivity contribution in [2.45, 2.75) is 9.79 Å². The van der Waals surface area contributed by atoms with Crippen molar-refractivity contribution in [3.8, 4) is 11.4 Å². The zero-order chi connectivity index (χ0) is 27.3. The zero-order valence-corrected chi connectivity index (χ0v) is 24.1. The van der Waals surface area contributed by atoms with Crippen LogP contribution in [-0.4, -0.2) is 29.5 Å². The first kappa shape index (κ1) is 26.1. The topological polar surface area (TPSA) is 91.3 Å². The average Bonchev–Trinajstić information content (AvgIpc) is 3.55. The number of hydrogen-bond donors (Lipinski definition) is 4. The van der Waals surface area contributed by atoms with Crippen LogP contribution in [0.3, 0.4) is 0 Å². The van der Waals surface area contributed by atoms with Crippen LogP contribution in [0.1, 0.15) is 0 Å². The molecular weight excluding hydrogens is 577 g/mol. The summed E-state index contributed by atoms with van der Waals surface area (Å²) in [6.45, 7) is 0. The van der Waals surface area contributed by atoms with E-state index in [0.717, 1.165) is 32.5 Å². The number of nitrogens with one attached hydrogen (secondary N) is 4. The van der Waals surface area contributed by atoms with E-state index in [0.29, 0.717) is 21.4 Å². The van der Waals surface area contributed by atoms with Crippen LogP contribution in [0.2, 0.25) is 0 Å². The molecule has 6 rings (SSSR count). The second-order valence-corrected chi connectivity index (χ2v) is 11.4. The first-order valence-electron chi connectivity index (χ1n) is 12.2. The summed E-state index contributed by atoms with van der Waals surface area (Å²) in [6, 6.07) is 36.0. The van der Waals surface area contributed by atoms with Crippen molar-refractivity contribution in [3.63, 3.8) is 0 Å². The molecule has 0 amide bonds. The maximum atomic E-state index is 5.50. The van der Waals surface area contributed by atoms with Gasteiger partial charge in [-0.1, -0.05) is 82.3 Å². The van der Waals surface area contributed by atoms with Gasteiger partial charge in [0.1, 0.15) is 0 Å². The van der Waals surface area contributed by atoms with E-state index in [1.165, 1.54) is 0 Å². The van der Waals surface area contributed by atoms with E-state index < -0.39 is 0 Å². The van der Waals surface area contributed by atoms with Crippen LogP contribution in [0.5, 0.6) is 0 Å². The van der Waals surface area contributed by atoms with Crippen molar-refractivity contribution >= 4 is 69.3 Å². The van der Waals surface area contributed by atoms with E-state index in [2.05, 4.69) is 43.2 Å². The summed E-state index contributed by atoms with van der Waals surface area (Å²) in [4.78, 5) is 2.09. The second-order valence-electron chi connectivity index (χ2n) is 8.46. The van der Waals surface area contributed by atoms with Crippen molar-refractivity contribution in [2.75, 3.05) is 10.6 Å². The Morgan fingerprint density at radius 2 is 0.900 bits per heavy atom. The Bertz CT molecular complexity index is 1720. The molecule has 4 N–H and O–H groups in total. The Labute approximate surface area is 248 Å². The molecule has 0 fully saturated rings. The highest BCUT2D eigenvalue weighted by atomic mass is 33.1. The number of hydrogen-bond acceptors (Lipinski definition) is 8. The molecule has 0 aliphatic carbocycles. The lowest BCUT2D eigenvalue weighted by atomic mass is 10.3. The highest BCUT2D eigenvalue weighted by molar-refractivity contribution is 8.76. The largest absolute Gasteiger partial charge is 0.323 e. The lowest BCUT2D eigenvalue weighted by molar-refractivity contribution is 1.03. The van der Waals surface area contributed by atoms with Crippen molar-refractivity contribution in [2.24, 2.45) is 0 Å². The minimum atomic E-state index is 0.515. The molecule has 4 aromatic carbocycles. The number of rotatable bonds is 9. The van der Waals surface area contributed by atoms with Crippen LogP contribution in [-0.2, 0) is 0 Å². The maximum Gasteiger partial charge on any atom is 0.232 e. The van der Waals surface area contributed by atoms with Crippen molar-refractivity contribution < 1.29 is 0 Å². The number of anilines is 4. The molecule has 0 aliphatic heterocycles. The lowest BCUT2D eigenvalue weighted by Crippen LogP contribution is -2.03. The summed E-state index contributed by atoms with van der Waals surface area (Å²) < 4.78 is 4.79. The van der Waals surface area contributed by atoms with Gasteiger partial charge in [-0.15, -0.1) is 10.2 Å². The molecule has 2 heterocycles. The van der Waals surface area contributed by atoms with Gasteiger partial charge >= 0.3 is 0 Å². The summed E-state index contributed by atoms with van der Waals surface area (Å²) in [5.41, 5.74) is 3.69. The zero-order valence-electron chi connectivity index (χ0n) is 20.8. The summed E-state index contributed by atoms with van der Waals surface area (Å²) in [7, 11) is 3.29. The highest BCUT2D eigenvalue weighted by Crippen LogP contribution is 2.44. The van der Waals surface area contributed by atoms with Gasteiger partial charge in [-0.05, 0) is 73.0 Å². The van der Waals surface area contributed by atoms with Gasteiger partial charge < -0.3 is 10.6 Å². The van der Waals surface area contributed by atoms with Crippen LogP contribution in [0, 0.1) is 9.54 Å². The third-order valence-corrected chi connectivity index (χ3v) is 8.89. The Kier molecular flexibility index (Phi) is 7.82. The molecule has 2 aromatic heterocycles. The fourth-order valence-electron chi connectivity index (χ4n) is 4.01. The predicted molar refractivity (Wildman–Crippen MR) is 169 cm³/mol. The number of para-hydroxylation sites is 4. The molecule has 0 bridgehead atoms. The standard InChI is InChI=1S/C28H22N8S4/c37-27-33-31-25(35(27)19-11-3-1-4-12-19)29-21-15-7-9-17-23(21)39-40-24-18-10-8-16-22(24)30-26-32-34-28(38)36(26)20-13-5-2-6-14-20/h1-18H,(H,29,31)(H,30,32)(H,33,37)(H,34,38). The lowest BCUT2D eigenvalue weighted by Gasteiger charge is -2.14. The fourth-order valence-corrected chi connectivity index (χ4v) is 6.76. The molecule has 6 aromatic rings. The Balaban J connectivity index is 1.24. The van der Waals surface area contributed by atoms with E-state index in [1.807, 2.05) is 106 Å². The predicted octanol–water partition coefficient (Wildman–Crippen LogP) is 8.46. The molecule has 0 aliphatic rings. The van der Waals surface area contributed by atoms with Gasteiger partial charge in [-0.25, -0.2) is 10.2 Å². The summed E-state index contributed by atoms with van der Waals surface area (Å²) in [5.74, 6) is 1.22. The summed E-state index contributed by atoms with van der Waals surface area (Å²) in [6.07, 6.45) is 0. The molecule has 198 valence electrons. The number of H-pyrrole nitrogens is 2. The smallest absolute Gasteiger partial charge is 0.232 e. The molecule has 0 saturated heterocycles. The van der Waals surface area contributed by atoms with Crippen LogP contribution < -0.4 is 10.6 Å². The van der Waals surface area contributed by atoms with Gasteiger partial charge in [-0.2, -0.15) is 0 Å². The van der Waals surface area contributed by atoms with Gasteiger partial charge in [0, 0.05) is 9.79 Å². The monoisotopic (exact) mass is 598 g/mol. The van der Waals surface area contributed by atoms with Crippen LogP contribution in [0.25, 0.3) is 11.4 Å². The summed E-state index contributed by atoms with van der Waals surface area (Å²) >= 11 is 11.0. The van der Waals surface area contributed by atoms with Crippen molar-refractivity contribution in [1.82, 2.24) is 29.5 Å². The SMILES string of the molecule is S=c1[nH]nc(Nc2ccccc2SSc2ccccc2Nc2n[nH]c(=S)n2-c2ccccc2)n1-c1ccccc1. The molecule has 8 nitrogen and oxygen atoms in total. The number of aromatic amines is 2. The first-order valence-corrected chi connectivity index (χ1v) is 15.2. The molecule has 0 unspecified atom stereocenters. The van der Waals surface area contributed by atoms with E-state index in [-0.39, 0.29) is 0 Å². The highest BCUT2D eigenvalue weighted by Gasteiger charge is 2.14. The van der Waals surface area contributed by atoms with Crippen LogP contribution >= 0.6 is 46.0 Å². The van der Waals surface area contributed by atoms with Gasteiger partial charge in [0.15, 0.2) is 0 Å². The molecule has 0 atom stereocenters. The minimum absolute atomic E-state index is 0.515. The molecular formula is C28H22N8S4. The fraction of sp³-hybridized carbons (Fsp3) is 0. The van der Waals surface area contributed by atoms with Crippen molar-refractivity contribution in [3.05, 3.63) is 119 Å². The van der Waals surface area contributed by atoms with Gasteiger partial charge in [0.25, 0.3) is 0 Å². The summed E-state index contributed by atoms with van der Waals surface area (Å²) in [5, 5.41) is 21.6. The van der Waals surface area contributed by atoms with Gasteiger partial charge in [-0.3, -0.25) is 9.13 Å². The van der Waals surface area contributed by atoms with Gasteiger partial charge in [0.2, 0.25) is 21.4 Å². The van der Waals surface area contributed by atoms with E-state index in [4.69, 9.17) is 24.4 Å². The number of benzene rings is 4. The Morgan fingerprint density at radius 1 is 0.525 bits per heavy atom. The first-order chi connectivity index (χ1) is 19.7. The van der Waals surface area contributed by atoms with E-state index in [9.17, 15) is 0 Å². The molecule has 0 spiro atoms. The Morgan fingerprint density at radius 3 is 1.32 bits per heavy atom. The van der Waals surface area contributed by atoms with E-state index in [1.54, 1.807) is 21.6 Å². The van der Waals surface area contributed by atoms with Crippen LogP contribution in [0.15, 0.2) is 119 Å². The van der Waals surface area contributed by atoms with E-state index >= 15 is 0 Å². The number of nitrogens with zero attached hydrogens (tertiary/aromatic N) is 4. The molecule has 0 saturated carbocycles. The second kappa shape index (κ2) is 12.0. The quantitative estimate of drug-likeness (QED) is 0.0973. The molecule has 40 heavy (non-hydrogen) atoms. The molecule has 12 heteroatoms. The number of aromatic nitrogens is 6. The normalized spacial score (nSPS) is 10.9. The molecule has 0 radical (unpaired) electrons. The van der Waals surface area contributed by atoms with Gasteiger partial charge in [0.05, 0.1) is 22.7 Å². The Hall–Kier alpha value is -4.10. The minimum Gasteiger partial charge on any atom is -0.323 e.